The van der Waals surface area contributed by atoms with Crippen LogP contribution in [0.5, 0.6) is 0 Å². The van der Waals surface area contributed by atoms with E-state index in [1.807, 2.05) is 0 Å². The minimum Gasteiger partial charge on any atom is -0.395 e. The maximum absolute atomic E-state index is 9.44. The summed E-state index contributed by atoms with van der Waals surface area (Å²) in [6, 6.07) is 0. The first-order valence-corrected chi connectivity index (χ1v) is 4.93. The Balaban J connectivity index is 0.000000292. The largest absolute Gasteiger partial charge is 0.395 e. The molecule has 0 unspecified atom stereocenters. The average molecular weight is 194 g/mol. The van der Waals surface area contributed by atoms with Gasteiger partial charge in [0.15, 0.2) is 0 Å². The summed E-state index contributed by atoms with van der Waals surface area (Å²) < 4.78 is 0. The Morgan fingerprint density at radius 3 is 1.93 bits per heavy atom. The number of aliphatic hydroxyl groups excluding tert-OH is 1. The summed E-state index contributed by atoms with van der Waals surface area (Å²) in [4.78, 5) is 0. The molecule has 0 aromatic carbocycles. The molecular formula is C12H18O2. The summed E-state index contributed by atoms with van der Waals surface area (Å²) in [6.45, 7) is 0.108. The van der Waals surface area contributed by atoms with Crippen LogP contribution in [-0.2, 0) is 0 Å². The second kappa shape index (κ2) is 7.44. The van der Waals surface area contributed by atoms with Crippen molar-refractivity contribution < 1.29 is 10.2 Å². The molecule has 78 valence electrons. The molecule has 2 heteroatoms. The van der Waals surface area contributed by atoms with Crippen LogP contribution < -0.4 is 0 Å². The Kier molecular flexibility index (Phi) is 6.93. The minimum atomic E-state index is -0.752. The molecule has 0 heterocycles. The quantitative estimate of drug-likeness (QED) is 0.618. The van der Waals surface area contributed by atoms with E-state index in [9.17, 15) is 5.11 Å². The molecule has 1 aliphatic rings. The minimum absolute atomic E-state index is 0.108. The Bertz CT molecular complexity index is 213. The van der Waals surface area contributed by atoms with Gasteiger partial charge in [-0.15, -0.1) is 18.8 Å². The van der Waals surface area contributed by atoms with Crippen molar-refractivity contribution in [2.45, 2.75) is 44.1 Å². The Hall–Kier alpha value is -0.960. The third-order valence-electron chi connectivity index (χ3n) is 2.21. The summed E-state index contributed by atoms with van der Waals surface area (Å²) in [6.07, 6.45) is 15.3. The number of aliphatic hydroxyl groups is 2. The molecule has 0 radical (unpaired) electrons. The molecule has 1 fully saturated rings. The van der Waals surface area contributed by atoms with Gasteiger partial charge in [-0.3, -0.25) is 0 Å². The Morgan fingerprint density at radius 2 is 1.71 bits per heavy atom. The van der Waals surface area contributed by atoms with Gasteiger partial charge in [0.25, 0.3) is 0 Å². The third kappa shape index (κ3) is 5.65. The lowest BCUT2D eigenvalue weighted by Crippen LogP contribution is -2.28. The normalized spacial score (nSPS) is 18.3. The molecule has 0 aliphatic heterocycles. The molecule has 0 atom stereocenters. The SMILES string of the molecule is C#CC1(O)CCCCC1.C#CCCO. The molecular weight excluding hydrogens is 176 g/mol. The van der Waals surface area contributed by atoms with Crippen LogP contribution in [0.4, 0.5) is 0 Å². The van der Waals surface area contributed by atoms with Gasteiger partial charge in [0.05, 0.1) is 6.61 Å². The maximum atomic E-state index is 9.44. The molecule has 0 aromatic rings. The van der Waals surface area contributed by atoms with Gasteiger partial charge < -0.3 is 10.2 Å². The summed E-state index contributed by atoms with van der Waals surface area (Å²) in [5.74, 6) is 4.70. The topological polar surface area (TPSA) is 40.5 Å². The van der Waals surface area contributed by atoms with Gasteiger partial charge in [0.2, 0.25) is 0 Å². The van der Waals surface area contributed by atoms with E-state index in [0.717, 1.165) is 25.7 Å². The van der Waals surface area contributed by atoms with Crippen LogP contribution in [0.3, 0.4) is 0 Å². The van der Waals surface area contributed by atoms with Crippen LogP contribution in [0.1, 0.15) is 38.5 Å². The van der Waals surface area contributed by atoms with Gasteiger partial charge in [-0.05, 0) is 25.7 Å². The van der Waals surface area contributed by atoms with E-state index in [2.05, 4.69) is 11.8 Å². The second-order valence-electron chi connectivity index (χ2n) is 3.41. The van der Waals surface area contributed by atoms with E-state index < -0.39 is 5.60 Å². The molecule has 14 heavy (non-hydrogen) atoms. The highest BCUT2D eigenvalue weighted by Crippen LogP contribution is 2.26. The maximum Gasteiger partial charge on any atom is 0.125 e. The molecule has 1 rings (SSSR count). The van der Waals surface area contributed by atoms with Crippen LogP contribution in [0.2, 0.25) is 0 Å². The van der Waals surface area contributed by atoms with E-state index in [4.69, 9.17) is 18.0 Å². The predicted octanol–water partition coefficient (Wildman–Crippen LogP) is 1.32. The van der Waals surface area contributed by atoms with Crippen molar-refractivity contribution in [2.24, 2.45) is 0 Å². The van der Waals surface area contributed by atoms with E-state index >= 15 is 0 Å². The predicted molar refractivity (Wildman–Crippen MR) is 57.4 cm³/mol. The number of terminal acetylenes is 2. The lowest BCUT2D eigenvalue weighted by Gasteiger charge is -2.26. The van der Waals surface area contributed by atoms with Crippen LogP contribution in [0.25, 0.3) is 0 Å². The van der Waals surface area contributed by atoms with E-state index in [1.54, 1.807) is 0 Å². The highest BCUT2D eigenvalue weighted by Gasteiger charge is 2.25. The molecule has 0 bridgehead atoms. The zero-order valence-electron chi connectivity index (χ0n) is 8.50. The summed E-state index contributed by atoms with van der Waals surface area (Å²) in [7, 11) is 0. The van der Waals surface area contributed by atoms with Crippen molar-refractivity contribution in [3.63, 3.8) is 0 Å². The second-order valence-corrected chi connectivity index (χ2v) is 3.41. The zero-order chi connectivity index (χ0) is 10.9. The van der Waals surface area contributed by atoms with Crippen LogP contribution in [-0.4, -0.2) is 22.4 Å². The molecule has 1 aliphatic carbocycles. The molecule has 1 saturated carbocycles. The Morgan fingerprint density at radius 1 is 1.14 bits per heavy atom. The van der Waals surface area contributed by atoms with Gasteiger partial charge in [-0.25, -0.2) is 0 Å². The molecule has 2 nitrogen and oxygen atoms in total. The van der Waals surface area contributed by atoms with Crippen molar-refractivity contribution in [2.75, 3.05) is 6.61 Å². The zero-order valence-corrected chi connectivity index (χ0v) is 8.50. The lowest BCUT2D eigenvalue weighted by atomic mass is 9.86. The van der Waals surface area contributed by atoms with Crippen molar-refractivity contribution in [3.8, 4) is 24.7 Å². The van der Waals surface area contributed by atoms with Crippen LogP contribution in [0.15, 0.2) is 0 Å². The monoisotopic (exact) mass is 194 g/mol. The summed E-state index contributed by atoms with van der Waals surface area (Å²) in [5, 5.41) is 17.4. The molecule has 2 N–H and O–H groups in total. The van der Waals surface area contributed by atoms with Crippen molar-refractivity contribution in [1.82, 2.24) is 0 Å². The van der Waals surface area contributed by atoms with E-state index in [-0.39, 0.29) is 6.61 Å². The standard InChI is InChI=1S/C8H12O.C4H6O/c1-2-8(9)6-4-3-5-7-8;1-2-3-4-5/h1,9H,3-7H2;1,5H,3-4H2. The molecule has 0 saturated heterocycles. The number of hydrogen-bond donors (Lipinski definition) is 2. The van der Waals surface area contributed by atoms with E-state index in [1.165, 1.54) is 6.42 Å². The van der Waals surface area contributed by atoms with Crippen LogP contribution in [0, 0.1) is 24.7 Å². The van der Waals surface area contributed by atoms with Gasteiger partial charge in [-0.1, -0.05) is 12.3 Å². The van der Waals surface area contributed by atoms with Gasteiger partial charge in [0.1, 0.15) is 5.60 Å². The first-order valence-electron chi connectivity index (χ1n) is 4.93. The van der Waals surface area contributed by atoms with Gasteiger partial charge in [-0.2, -0.15) is 0 Å². The molecule has 0 amide bonds. The fraction of sp³-hybridized carbons (Fsp3) is 0.667. The van der Waals surface area contributed by atoms with Gasteiger partial charge >= 0.3 is 0 Å². The Labute approximate surface area is 86.3 Å². The smallest absolute Gasteiger partial charge is 0.125 e. The molecule has 0 spiro atoms. The highest BCUT2D eigenvalue weighted by atomic mass is 16.3. The first kappa shape index (κ1) is 13.0. The first-order chi connectivity index (χ1) is 6.68. The summed E-state index contributed by atoms with van der Waals surface area (Å²) in [5.41, 5.74) is -0.752. The third-order valence-corrected chi connectivity index (χ3v) is 2.21. The van der Waals surface area contributed by atoms with Crippen molar-refractivity contribution in [3.05, 3.63) is 0 Å². The summed E-state index contributed by atoms with van der Waals surface area (Å²) >= 11 is 0. The fourth-order valence-electron chi connectivity index (χ4n) is 1.35. The van der Waals surface area contributed by atoms with Crippen molar-refractivity contribution >= 4 is 0 Å². The van der Waals surface area contributed by atoms with E-state index in [0.29, 0.717) is 6.42 Å². The fourth-order valence-corrected chi connectivity index (χ4v) is 1.35. The molecule has 0 aromatic heterocycles. The van der Waals surface area contributed by atoms with Crippen molar-refractivity contribution in [1.29, 1.82) is 0 Å². The van der Waals surface area contributed by atoms with Gasteiger partial charge in [0, 0.05) is 6.42 Å². The average Bonchev–Trinajstić information content (AvgIpc) is 2.21. The lowest BCUT2D eigenvalue weighted by molar-refractivity contribution is 0.0612. The number of hydrogen-bond acceptors (Lipinski definition) is 2. The number of rotatable bonds is 1. The highest BCUT2D eigenvalue weighted by molar-refractivity contribution is 5.07. The van der Waals surface area contributed by atoms with Crippen LogP contribution >= 0.6 is 0 Å².